The van der Waals surface area contributed by atoms with E-state index in [0.29, 0.717) is 6.54 Å². The minimum Gasteiger partial charge on any atom is -0.494 e. The van der Waals surface area contributed by atoms with Gasteiger partial charge in [-0.25, -0.2) is 5.53 Å². The number of rotatable bonds is 7. The molecular formula is C11H17N3O. The summed E-state index contributed by atoms with van der Waals surface area (Å²) in [4.78, 5) is 0. The third-order valence-electron chi connectivity index (χ3n) is 2.02. The van der Waals surface area contributed by atoms with Crippen LogP contribution in [0.3, 0.4) is 0 Å². The smallest absolute Gasteiger partial charge is 0.119 e. The lowest BCUT2D eigenvalue weighted by molar-refractivity contribution is 0.310. The van der Waals surface area contributed by atoms with Crippen LogP contribution < -0.4 is 10.1 Å². The first-order valence-corrected chi connectivity index (χ1v) is 5.06. The SMILES string of the molecule is CNCCCOc1ccc(CN=N)cc1. The zero-order valence-electron chi connectivity index (χ0n) is 8.99. The molecule has 1 aromatic rings. The molecule has 0 atom stereocenters. The second-order valence-electron chi connectivity index (χ2n) is 3.27. The van der Waals surface area contributed by atoms with Crippen molar-refractivity contribution in [2.75, 3.05) is 20.2 Å². The fourth-order valence-corrected chi connectivity index (χ4v) is 1.22. The average Bonchev–Trinajstić information content (AvgIpc) is 2.27. The fraction of sp³-hybridized carbons (Fsp3) is 0.455. The summed E-state index contributed by atoms with van der Waals surface area (Å²) in [6.45, 7) is 2.14. The molecule has 0 aliphatic carbocycles. The molecule has 0 unspecified atom stereocenters. The average molecular weight is 207 g/mol. The molecule has 0 spiro atoms. The molecule has 0 fully saturated rings. The van der Waals surface area contributed by atoms with Crippen LogP contribution in [0.2, 0.25) is 0 Å². The minimum absolute atomic E-state index is 0.444. The van der Waals surface area contributed by atoms with E-state index in [2.05, 4.69) is 10.4 Å². The normalized spacial score (nSPS) is 9.93. The first kappa shape index (κ1) is 11.7. The predicted molar refractivity (Wildman–Crippen MR) is 59.3 cm³/mol. The summed E-state index contributed by atoms with van der Waals surface area (Å²) in [7, 11) is 1.93. The topological polar surface area (TPSA) is 57.5 Å². The van der Waals surface area contributed by atoms with Crippen molar-refractivity contribution in [3.63, 3.8) is 0 Å². The summed E-state index contributed by atoms with van der Waals surface area (Å²) in [6, 6.07) is 7.71. The van der Waals surface area contributed by atoms with Crippen molar-refractivity contribution in [3.8, 4) is 5.75 Å². The molecule has 0 heterocycles. The zero-order chi connectivity index (χ0) is 10.9. The zero-order valence-corrected chi connectivity index (χ0v) is 8.99. The molecule has 0 amide bonds. The van der Waals surface area contributed by atoms with Gasteiger partial charge in [0.05, 0.1) is 13.2 Å². The molecule has 15 heavy (non-hydrogen) atoms. The number of hydrogen-bond donors (Lipinski definition) is 2. The van der Waals surface area contributed by atoms with Gasteiger partial charge in [-0.2, -0.15) is 5.11 Å². The van der Waals surface area contributed by atoms with Crippen LogP contribution in [-0.4, -0.2) is 20.2 Å². The maximum atomic E-state index is 6.74. The van der Waals surface area contributed by atoms with Gasteiger partial charge >= 0.3 is 0 Å². The van der Waals surface area contributed by atoms with Gasteiger partial charge in [-0.15, -0.1) is 0 Å². The summed E-state index contributed by atoms with van der Waals surface area (Å²) in [5.74, 6) is 0.875. The molecule has 0 aliphatic rings. The first-order chi connectivity index (χ1) is 7.36. The van der Waals surface area contributed by atoms with E-state index < -0.39 is 0 Å². The Morgan fingerprint density at radius 1 is 1.33 bits per heavy atom. The molecule has 1 aromatic carbocycles. The molecule has 4 nitrogen and oxygen atoms in total. The molecule has 0 radical (unpaired) electrons. The lowest BCUT2D eigenvalue weighted by Gasteiger charge is -2.06. The highest BCUT2D eigenvalue weighted by Gasteiger charge is 1.94. The largest absolute Gasteiger partial charge is 0.494 e. The molecule has 0 aliphatic heterocycles. The van der Waals surface area contributed by atoms with Gasteiger partial charge in [0.2, 0.25) is 0 Å². The van der Waals surface area contributed by atoms with E-state index in [1.807, 2.05) is 31.3 Å². The van der Waals surface area contributed by atoms with Crippen molar-refractivity contribution in [1.29, 1.82) is 5.53 Å². The van der Waals surface area contributed by atoms with Crippen molar-refractivity contribution < 1.29 is 4.74 Å². The van der Waals surface area contributed by atoms with Crippen molar-refractivity contribution >= 4 is 0 Å². The van der Waals surface area contributed by atoms with Gasteiger partial charge in [0, 0.05) is 0 Å². The fourth-order valence-electron chi connectivity index (χ4n) is 1.22. The van der Waals surface area contributed by atoms with Gasteiger partial charge in [0.15, 0.2) is 0 Å². The Morgan fingerprint density at radius 3 is 2.67 bits per heavy atom. The third kappa shape index (κ3) is 4.56. The van der Waals surface area contributed by atoms with Crippen LogP contribution in [0.25, 0.3) is 0 Å². The number of ether oxygens (including phenoxy) is 1. The van der Waals surface area contributed by atoms with E-state index in [1.54, 1.807) is 0 Å². The van der Waals surface area contributed by atoms with Crippen molar-refractivity contribution in [2.45, 2.75) is 13.0 Å². The third-order valence-corrected chi connectivity index (χ3v) is 2.02. The second-order valence-corrected chi connectivity index (χ2v) is 3.27. The quantitative estimate of drug-likeness (QED) is 0.532. The summed E-state index contributed by atoms with van der Waals surface area (Å²) in [5.41, 5.74) is 7.77. The van der Waals surface area contributed by atoms with E-state index >= 15 is 0 Å². The Balaban J connectivity index is 2.32. The molecule has 4 heteroatoms. The van der Waals surface area contributed by atoms with E-state index in [-0.39, 0.29) is 0 Å². The van der Waals surface area contributed by atoms with Crippen LogP contribution in [0.5, 0.6) is 5.75 Å². The van der Waals surface area contributed by atoms with Gasteiger partial charge in [-0.05, 0) is 37.7 Å². The molecule has 0 saturated carbocycles. The van der Waals surface area contributed by atoms with Crippen LogP contribution in [0.15, 0.2) is 29.4 Å². The Bertz CT molecular complexity index is 284. The van der Waals surface area contributed by atoms with Gasteiger partial charge < -0.3 is 10.1 Å². The Kier molecular flexibility index (Phi) is 5.40. The molecule has 82 valence electrons. The summed E-state index contributed by atoms with van der Waals surface area (Å²) in [6.07, 6.45) is 1.00. The van der Waals surface area contributed by atoms with Crippen molar-refractivity contribution in [1.82, 2.24) is 5.32 Å². The first-order valence-electron chi connectivity index (χ1n) is 5.06. The molecule has 0 saturated heterocycles. The number of benzene rings is 1. The summed E-state index contributed by atoms with van der Waals surface area (Å²) >= 11 is 0. The number of nitrogens with one attached hydrogen (secondary N) is 2. The second kappa shape index (κ2) is 6.95. The minimum atomic E-state index is 0.444. The van der Waals surface area contributed by atoms with Crippen LogP contribution in [0.1, 0.15) is 12.0 Å². The highest BCUT2D eigenvalue weighted by atomic mass is 16.5. The van der Waals surface area contributed by atoms with Gasteiger partial charge in [0.25, 0.3) is 0 Å². The van der Waals surface area contributed by atoms with E-state index in [0.717, 1.165) is 30.9 Å². The van der Waals surface area contributed by atoms with Crippen LogP contribution in [0.4, 0.5) is 0 Å². The highest BCUT2D eigenvalue weighted by molar-refractivity contribution is 5.27. The number of hydrogen-bond acceptors (Lipinski definition) is 4. The maximum absolute atomic E-state index is 6.74. The molecule has 0 aromatic heterocycles. The van der Waals surface area contributed by atoms with Gasteiger partial charge in [-0.3, -0.25) is 0 Å². The lowest BCUT2D eigenvalue weighted by Crippen LogP contribution is -2.11. The Labute approximate surface area is 90.2 Å². The van der Waals surface area contributed by atoms with E-state index in [1.165, 1.54) is 0 Å². The van der Waals surface area contributed by atoms with Crippen molar-refractivity contribution in [3.05, 3.63) is 29.8 Å². The monoisotopic (exact) mass is 207 g/mol. The lowest BCUT2D eigenvalue weighted by atomic mass is 10.2. The Hall–Kier alpha value is -1.42. The molecule has 0 bridgehead atoms. The van der Waals surface area contributed by atoms with Gasteiger partial charge in [0.1, 0.15) is 5.75 Å². The number of nitrogens with zero attached hydrogens (tertiary/aromatic N) is 1. The Morgan fingerprint density at radius 2 is 2.07 bits per heavy atom. The molecule has 1 rings (SSSR count). The molecular weight excluding hydrogens is 190 g/mol. The summed E-state index contributed by atoms with van der Waals surface area (Å²) in [5, 5.41) is 6.39. The highest BCUT2D eigenvalue weighted by Crippen LogP contribution is 2.12. The van der Waals surface area contributed by atoms with E-state index in [9.17, 15) is 0 Å². The van der Waals surface area contributed by atoms with Crippen LogP contribution in [0, 0.1) is 5.53 Å². The van der Waals surface area contributed by atoms with Gasteiger partial charge in [-0.1, -0.05) is 12.1 Å². The maximum Gasteiger partial charge on any atom is 0.119 e. The molecule has 2 N–H and O–H groups in total. The van der Waals surface area contributed by atoms with Crippen LogP contribution >= 0.6 is 0 Å². The standard InChI is InChI=1S/C11H17N3O/c1-13-7-2-8-15-11-5-3-10(4-6-11)9-14-12/h3-6,12-13H,2,7-9H2,1H3. The summed E-state index contributed by atoms with van der Waals surface area (Å²) < 4.78 is 5.52. The van der Waals surface area contributed by atoms with Crippen LogP contribution in [-0.2, 0) is 6.54 Å². The predicted octanol–water partition coefficient (Wildman–Crippen LogP) is 2.21. The van der Waals surface area contributed by atoms with E-state index in [4.69, 9.17) is 10.3 Å². The van der Waals surface area contributed by atoms with Crippen molar-refractivity contribution in [2.24, 2.45) is 5.11 Å².